The average Bonchev–Trinajstić information content (AvgIpc) is 3.25. The summed E-state index contributed by atoms with van der Waals surface area (Å²) in [4.78, 5) is 29.1. The summed E-state index contributed by atoms with van der Waals surface area (Å²) in [5.74, 6) is 0.875. The van der Waals surface area contributed by atoms with Crippen molar-refractivity contribution in [3.8, 4) is 11.4 Å². The zero-order valence-electron chi connectivity index (χ0n) is 15.8. The first-order valence-corrected chi connectivity index (χ1v) is 9.77. The molecule has 154 valence electrons. The number of non-ortho nitro benzene ring substituents is 1. The number of nitro groups is 1. The van der Waals surface area contributed by atoms with Crippen molar-refractivity contribution in [2.75, 3.05) is 18.4 Å². The van der Waals surface area contributed by atoms with Crippen molar-refractivity contribution in [1.82, 2.24) is 15.0 Å². The number of piperidine rings is 1. The number of nitrogens with one attached hydrogen (secondary N) is 1. The molecule has 10 heteroatoms. The van der Waals surface area contributed by atoms with Gasteiger partial charge in [-0.3, -0.25) is 10.1 Å². The first kappa shape index (κ1) is 19.8. The molecule has 1 aliphatic heterocycles. The number of anilines is 1. The van der Waals surface area contributed by atoms with E-state index in [2.05, 4.69) is 15.5 Å². The number of nitrogens with zero attached hydrogens (tertiary/aromatic N) is 4. The highest BCUT2D eigenvalue weighted by Crippen LogP contribution is 2.28. The van der Waals surface area contributed by atoms with Crippen molar-refractivity contribution < 1.29 is 14.2 Å². The monoisotopic (exact) mass is 427 g/mol. The molecule has 9 nitrogen and oxygen atoms in total. The van der Waals surface area contributed by atoms with E-state index in [1.165, 1.54) is 24.3 Å². The third-order valence-corrected chi connectivity index (χ3v) is 5.15. The third kappa shape index (κ3) is 4.41. The molecule has 3 aromatic rings. The molecule has 1 aromatic heterocycles. The van der Waals surface area contributed by atoms with Gasteiger partial charge < -0.3 is 14.7 Å². The molecule has 0 saturated carbocycles. The Morgan fingerprint density at radius 3 is 2.80 bits per heavy atom. The number of hydrogen-bond acceptors (Lipinski definition) is 6. The van der Waals surface area contributed by atoms with Gasteiger partial charge in [-0.1, -0.05) is 28.9 Å². The minimum absolute atomic E-state index is 0.0297. The van der Waals surface area contributed by atoms with Gasteiger partial charge in [0.15, 0.2) is 0 Å². The van der Waals surface area contributed by atoms with Gasteiger partial charge in [0.2, 0.25) is 11.7 Å². The highest BCUT2D eigenvalue weighted by atomic mass is 35.5. The second-order valence-corrected chi connectivity index (χ2v) is 7.42. The van der Waals surface area contributed by atoms with Crippen LogP contribution < -0.4 is 5.32 Å². The molecular formula is C20H18ClN5O4. The van der Waals surface area contributed by atoms with Crippen LogP contribution in [0.5, 0.6) is 0 Å². The fraction of sp³-hybridized carbons (Fsp3) is 0.250. The second-order valence-electron chi connectivity index (χ2n) is 6.99. The summed E-state index contributed by atoms with van der Waals surface area (Å²) >= 11 is 6.02. The number of benzene rings is 2. The van der Waals surface area contributed by atoms with Gasteiger partial charge in [-0.15, -0.1) is 0 Å². The number of carbonyl (C=O) groups excluding carboxylic acids is 1. The lowest BCUT2D eigenvalue weighted by atomic mass is 9.98. The maximum absolute atomic E-state index is 12.6. The summed E-state index contributed by atoms with van der Waals surface area (Å²) in [6.45, 7) is 1.04. The zero-order valence-corrected chi connectivity index (χ0v) is 16.6. The number of amides is 2. The summed E-state index contributed by atoms with van der Waals surface area (Å²) in [6, 6.07) is 12.6. The van der Waals surface area contributed by atoms with E-state index < -0.39 is 4.92 Å². The van der Waals surface area contributed by atoms with Crippen LogP contribution in [0.4, 0.5) is 16.2 Å². The summed E-state index contributed by atoms with van der Waals surface area (Å²) in [6.07, 6.45) is 1.63. The quantitative estimate of drug-likeness (QED) is 0.476. The Morgan fingerprint density at radius 1 is 1.27 bits per heavy atom. The van der Waals surface area contributed by atoms with Crippen LogP contribution in [0.15, 0.2) is 53.1 Å². The maximum Gasteiger partial charge on any atom is 0.321 e. The van der Waals surface area contributed by atoms with E-state index in [0.717, 1.165) is 18.4 Å². The fourth-order valence-corrected chi connectivity index (χ4v) is 3.57. The Balaban J connectivity index is 1.42. The number of urea groups is 1. The van der Waals surface area contributed by atoms with E-state index in [9.17, 15) is 14.9 Å². The van der Waals surface area contributed by atoms with Crippen molar-refractivity contribution in [3.05, 3.63) is 69.6 Å². The molecule has 2 heterocycles. The van der Waals surface area contributed by atoms with Gasteiger partial charge in [0.25, 0.3) is 5.69 Å². The Hall–Kier alpha value is -3.46. The van der Waals surface area contributed by atoms with Crippen molar-refractivity contribution in [3.63, 3.8) is 0 Å². The highest BCUT2D eigenvalue weighted by molar-refractivity contribution is 6.30. The second kappa shape index (κ2) is 8.50. The van der Waals surface area contributed by atoms with E-state index in [4.69, 9.17) is 16.1 Å². The summed E-state index contributed by atoms with van der Waals surface area (Å²) < 4.78 is 5.45. The SMILES string of the molecule is O=C(Nc1ccc([N+](=O)[O-])cc1)N1CCCC(c2nc(-c3cccc(Cl)c3)no2)C1. The molecule has 1 atom stereocenters. The highest BCUT2D eigenvalue weighted by Gasteiger charge is 2.29. The summed E-state index contributed by atoms with van der Waals surface area (Å²) in [5.41, 5.74) is 1.23. The molecule has 0 spiro atoms. The number of halogens is 1. The van der Waals surface area contributed by atoms with Gasteiger partial charge in [0.1, 0.15) is 0 Å². The van der Waals surface area contributed by atoms with Gasteiger partial charge in [-0.05, 0) is 37.1 Å². The van der Waals surface area contributed by atoms with Gasteiger partial charge in [0, 0.05) is 41.5 Å². The van der Waals surface area contributed by atoms with Crippen molar-refractivity contribution in [2.45, 2.75) is 18.8 Å². The van der Waals surface area contributed by atoms with Crippen LogP contribution in [0, 0.1) is 10.1 Å². The third-order valence-electron chi connectivity index (χ3n) is 4.91. The number of likely N-dealkylation sites (tertiary alicyclic amines) is 1. The Labute approximate surface area is 176 Å². The van der Waals surface area contributed by atoms with E-state index in [1.807, 2.05) is 12.1 Å². The summed E-state index contributed by atoms with van der Waals surface area (Å²) in [7, 11) is 0. The molecule has 30 heavy (non-hydrogen) atoms. The molecule has 0 aliphatic carbocycles. The van der Waals surface area contributed by atoms with Crippen LogP contribution in [-0.4, -0.2) is 39.1 Å². The zero-order chi connectivity index (χ0) is 21.1. The maximum atomic E-state index is 12.6. The van der Waals surface area contributed by atoms with Crippen LogP contribution in [0.25, 0.3) is 11.4 Å². The Morgan fingerprint density at radius 2 is 2.07 bits per heavy atom. The van der Waals surface area contributed by atoms with Crippen molar-refractivity contribution in [2.24, 2.45) is 0 Å². The van der Waals surface area contributed by atoms with E-state index in [0.29, 0.717) is 35.5 Å². The smallest absolute Gasteiger partial charge is 0.321 e. The Bertz CT molecular complexity index is 1070. The van der Waals surface area contributed by atoms with Gasteiger partial charge in [0.05, 0.1) is 10.8 Å². The number of nitro benzene ring substituents is 1. The molecule has 1 N–H and O–H groups in total. The minimum atomic E-state index is -0.483. The standard InChI is InChI=1S/C20H18ClN5O4/c21-15-5-1-3-13(11-15)18-23-19(30-24-18)14-4-2-10-25(12-14)20(27)22-16-6-8-17(9-7-16)26(28)29/h1,3,5-9,11,14H,2,4,10,12H2,(H,22,27). The largest absolute Gasteiger partial charge is 0.339 e. The number of aromatic nitrogens is 2. The van der Waals surface area contributed by atoms with Gasteiger partial charge in [-0.25, -0.2) is 4.79 Å². The van der Waals surface area contributed by atoms with E-state index >= 15 is 0 Å². The van der Waals surface area contributed by atoms with Crippen LogP contribution in [0.3, 0.4) is 0 Å². The Kier molecular flexibility index (Phi) is 5.62. The lowest BCUT2D eigenvalue weighted by Crippen LogP contribution is -2.41. The number of carbonyl (C=O) groups is 1. The molecule has 0 bridgehead atoms. The van der Waals surface area contributed by atoms with Gasteiger partial charge >= 0.3 is 6.03 Å². The van der Waals surface area contributed by atoms with Crippen molar-refractivity contribution in [1.29, 1.82) is 0 Å². The molecule has 1 fully saturated rings. The lowest BCUT2D eigenvalue weighted by molar-refractivity contribution is -0.384. The fourth-order valence-electron chi connectivity index (χ4n) is 3.38. The molecule has 1 aliphatic rings. The van der Waals surface area contributed by atoms with Crippen molar-refractivity contribution >= 4 is 29.0 Å². The minimum Gasteiger partial charge on any atom is -0.339 e. The molecule has 1 saturated heterocycles. The molecular weight excluding hydrogens is 410 g/mol. The molecule has 2 aromatic carbocycles. The average molecular weight is 428 g/mol. The molecule has 2 amide bonds. The molecule has 0 radical (unpaired) electrons. The predicted molar refractivity (Wildman–Crippen MR) is 110 cm³/mol. The van der Waals surface area contributed by atoms with Crippen LogP contribution in [0.2, 0.25) is 5.02 Å². The summed E-state index contributed by atoms with van der Waals surface area (Å²) in [5, 5.41) is 18.1. The first-order chi connectivity index (χ1) is 14.5. The van der Waals surface area contributed by atoms with Crippen LogP contribution in [-0.2, 0) is 0 Å². The lowest BCUT2D eigenvalue weighted by Gasteiger charge is -2.31. The number of hydrogen-bond donors (Lipinski definition) is 1. The first-order valence-electron chi connectivity index (χ1n) is 9.39. The van der Waals surface area contributed by atoms with Crippen LogP contribution in [0.1, 0.15) is 24.7 Å². The molecule has 4 rings (SSSR count). The molecule has 1 unspecified atom stereocenters. The predicted octanol–water partition coefficient (Wildman–Crippen LogP) is 4.71. The van der Waals surface area contributed by atoms with E-state index in [1.54, 1.807) is 17.0 Å². The van der Waals surface area contributed by atoms with Crippen LogP contribution >= 0.6 is 11.6 Å². The normalized spacial score (nSPS) is 16.3. The topological polar surface area (TPSA) is 114 Å². The van der Waals surface area contributed by atoms with Gasteiger partial charge in [-0.2, -0.15) is 4.98 Å². The van der Waals surface area contributed by atoms with E-state index in [-0.39, 0.29) is 17.6 Å². The number of rotatable bonds is 4.